The maximum Gasteiger partial charge on any atom is 0.168 e. The summed E-state index contributed by atoms with van der Waals surface area (Å²) in [6.45, 7) is 1.86. The van der Waals surface area contributed by atoms with Gasteiger partial charge >= 0.3 is 0 Å². The molecule has 1 aromatic carbocycles. The first kappa shape index (κ1) is 10.5. The van der Waals surface area contributed by atoms with E-state index in [0.29, 0.717) is 0 Å². The van der Waals surface area contributed by atoms with Crippen LogP contribution in [-0.4, -0.2) is 5.11 Å². The minimum atomic E-state index is -0.0890. The normalized spacial score (nSPS) is 11.4. The number of nitriles is 1. The fourth-order valence-corrected chi connectivity index (χ4v) is 1.19. The number of thiocarbonyl (C=S) groups is 1. The van der Waals surface area contributed by atoms with Crippen LogP contribution in [0.3, 0.4) is 0 Å². The zero-order valence-corrected chi connectivity index (χ0v) is 8.64. The van der Waals surface area contributed by atoms with Crippen molar-refractivity contribution in [1.29, 1.82) is 5.26 Å². The molecule has 0 aromatic heterocycles. The summed E-state index contributed by atoms with van der Waals surface area (Å²) in [4.78, 5) is 0. The lowest BCUT2D eigenvalue weighted by Gasteiger charge is -2.06. The van der Waals surface area contributed by atoms with Crippen LogP contribution in [0.25, 0.3) is 0 Å². The fraction of sp³-hybridized carbons (Fsp3) is 0.200. The van der Waals surface area contributed by atoms with Crippen molar-refractivity contribution in [3.05, 3.63) is 29.8 Å². The molecule has 0 heterocycles. The van der Waals surface area contributed by atoms with E-state index in [1.165, 1.54) is 0 Å². The number of benzene rings is 1. The molecule has 72 valence electrons. The molecule has 0 bridgehead atoms. The van der Waals surface area contributed by atoms with Crippen molar-refractivity contribution >= 4 is 23.0 Å². The topological polar surface area (TPSA) is 61.8 Å². The Hall–Kier alpha value is -1.60. The zero-order chi connectivity index (χ0) is 10.6. The lowest BCUT2D eigenvalue weighted by atomic mass is 10.0. The van der Waals surface area contributed by atoms with Crippen LogP contribution in [0.15, 0.2) is 24.3 Å². The molecule has 0 fully saturated rings. The van der Waals surface area contributed by atoms with E-state index in [1.54, 1.807) is 0 Å². The van der Waals surface area contributed by atoms with E-state index in [-0.39, 0.29) is 11.0 Å². The Balaban J connectivity index is 2.79. The van der Waals surface area contributed by atoms with Crippen LogP contribution in [0, 0.1) is 11.3 Å². The van der Waals surface area contributed by atoms with Crippen molar-refractivity contribution in [3.63, 3.8) is 0 Å². The minimum Gasteiger partial charge on any atom is -0.376 e. The fourth-order valence-electron chi connectivity index (χ4n) is 1.07. The molecule has 14 heavy (non-hydrogen) atoms. The quantitative estimate of drug-likeness (QED) is 0.725. The smallest absolute Gasteiger partial charge is 0.168 e. The summed E-state index contributed by atoms with van der Waals surface area (Å²) in [5.74, 6) is -0.0890. The van der Waals surface area contributed by atoms with Gasteiger partial charge in [0.25, 0.3) is 0 Å². The highest BCUT2D eigenvalue weighted by atomic mass is 32.1. The summed E-state index contributed by atoms with van der Waals surface area (Å²) >= 11 is 4.70. The number of nitrogens with one attached hydrogen (secondary N) is 1. The maximum atomic E-state index is 8.70. The van der Waals surface area contributed by atoms with Crippen LogP contribution >= 0.6 is 12.2 Å². The highest BCUT2D eigenvalue weighted by molar-refractivity contribution is 7.80. The van der Waals surface area contributed by atoms with Crippen molar-refractivity contribution in [3.8, 4) is 6.07 Å². The van der Waals surface area contributed by atoms with Gasteiger partial charge in [-0.3, -0.25) is 0 Å². The number of nitrogens with two attached hydrogens (primary N) is 1. The summed E-state index contributed by atoms with van der Waals surface area (Å²) in [6.07, 6.45) is 0. The molecule has 0 radical (unpaired) electrons. The Kier molecular flexibility index (Phi) is 3.43. The Morgan fingerprint density at radius 2 is 2.07 bits per heavy atom. The zero-order valence-electron chi connectivity index (χ0n) is 7.82. The molecular formula is C10H11N3S. The summed E-state index contributed by atoms with van der Waals surface area (Å²) in [5.41, 5.74) is 7.14. The average Bonchev–Trinajstić information content (AvgIpc) is 2.17. The van der Waals surface area contributed by atoms with Gasteiger partial charge in [0.1, 0.15) is 0 Å². The van der Waals surface area contributed by atoms with Crippen LogP contribution in [0.1, 0.15) is 18.4 Å². The number of rotatable bonds is 2. The van der Waals surface area contributed by atoms with Gasteiger partial charge in [-0.1, -0.05) is 12.1 Å². The van der Waals surface area contributed by atoms with E-state index in [9.17, 15) is 0 Å². The largest absolute Gasteiger partial charge is 0.376 e. The summed E-state index contributed by atoms with van der Waals surface area (Å²) in [5, 5.41) is 11.8. The van der Waals surface area contributed by atoms with E-state index < -0.39 is 0 Å². The molecule has 3 nitrogen and oxygen atoms in total. The molecule has 1 aromatic rings. The van der Waals surface area contributed by atoms with E-state index in [0.717, 1.165) is 11.3 Å². The van der Waals surface area contributed by atoms with Crippen LogP contribution in [-0.2, 0) is 0 Å². The predicted molar refractivity (Wildman–Crippen MR) is 60.9 cm³/mol. The Bertz CT molecular complexity index is 364. The maximum absolute atomic E-state index is 8.70. The SMILES string of the molecule is CC(C#N)c1ccc(NC(N)=S)cc1. The number of hydrogen-bond donors (Lipinski definition) is 2. The molecule has 0 saturated carbocycles. The second-order valence-electron chi connectivity index (χ2n) is 2.96. The van der Waals surface area contributed by atoms with Gasteiger partial charge in [-0.2, -0.15) is 5.26 Å². The Morgan fingerprint density at radius 1 is 1.50 bits per heavy atom. The first-order chi connectivity index (χ1) is 6.63. The van der Waals surface area contributed by atoms with Crippen molar-refractivity contribution < 1.29 is 0 Å². The van der Waals surface area contributed by atoms with Gasteiger partial charge in [0.05, 0.1) is 12.0 Å². The van der Waals surface area contributed by atoms with Crippen LogP contribution in [0.5, 0.6) is 0 Å². The van der Waals surface area contributed by atoms with Gasteiger partial charge in [0.15, 0.2) is 5.11 Å². The molecule has 0 amide bonds. The van der Waals surface area contributed by atoms with Crippen molar-refractivity contribution in [2.24, 2.45) is 5.73 Å². The van der Waals surface area contributed by atoms with Crippen molar-refractivity contribution in [2.75, 3.05) is 5.32 Å². The van der Waals surface area contributed by atoms with E-state index >= 15 is 0 Å². The summed E-state index contributed by atoms with van der Waals surface area (Å²) in [7, 11) is 0. The summed E-state index contributed by atoms with van der Waals surface area (Å²) in [6, 6.07) is 9.64. The predicted octanol–water partition coefficient (Wildman–Crippen LogP) is 1.97. The first-order valence-corrected chi connectivity index (χ1v) is 4.60. The van der Waals surface area contributed by atoms with Gasteiger partial charge in [-0.15, -0.1) is 0 Å². The molecule has 0 aliphatic heterocycles. The highest BCUT2D eigenvalue weighted by Gasteiger charge is 2.02. The average molecular weight is 205 g/mol. The highest BCUT2D eigenvalue weighted by Crippen LogP contribution is 2.16. The third-order valence-electron chi connectivity index (χ3n) is 1.87. The van der Waals surface area contributed by atoms with E-state index in [2.05, 4.69) is 11.4 Å². The molecule has 0 saturated heterocycles. The second-order valence-corrected chi connectivity index (χ2v) is 3.40. The lowest BCUT2D eigenvalue weighted by molar-refractivity contribution is 0.982. The molecule has 0 spiro atoms. The molecule has 0 aliphatic carbocycles. The Labute approximate surface area is 88.5 Å². The van der Waals surface area contributed by atoms with Crippen molar-refractivity contribution in [2.45, 2.75) is 12.8 Å². The second kappa shape index (κ2) is 4.58. The van der Waals surface area contributed by atoms with E-state index in [1.807, 2.05) is 31.2 Å². The molecular weight excluding hydrogens is 194 g/mol. The molecule has 0 aliphatic rings. The third kappa shape index (κ3) is 2.71. The molecule has 4 heteroatoms. The standard InChI is InChI=1S/C10H11N3S/c1-7(6-11)8-2-4-9(5-3-8)13-10(12)14/h2-5,7H,1H3,(H3,12,13,14). The van der Waals surface area contributed by atoms with Gasteiger partial charge in [-0.05, 0) is 36.8 Å². The van der Waals surface area contributed by atoms with Gasteiger partial charge < -0.3 is 11.1 Å². The van der Waals surface area contributed by atoms with Gasteiger partial charge in [-0.25, -0.2) is 0 Å². The minimum absolute atomic E-state index is 0.0890. The summed E-state index contributed by atoms with van der Waals surface area (Å²) < 4.78 is 0. The van der Waals surface area contributed by atoms with Gasteiger partial charge in [0, 0.05) is 5.69 Å². The molecule has 1 atom stereocenters. The van der Waals surface area contributed by atoms with Crippen LogP contribution in [0.2, 0.25) is 0 Å². The van der Waals surface area contributed by atoms with Crippen LogP contribution in [0.4, 0.5) is 5.69 Å². The molecule has 3 N–H and O–H groups in total. The molecule has 1 unspecified atom stereocenters. The van der Waals surface area contributed by atoms with Crippen LogP contribution < -0.4 is 11.1 Å². The molecule has 1 rings (SSSR count). The van der Waals surface area contributed by atoms with Gasteiger partial charge in [0.2, 0.25) is 0 Å². The third-order valence-corrected chi connectivity index (χ3v) is 1.97. The van der Waals surface area contributed by atoms with Crippen molar-refractivity contribution in [1.82, 2.24) is 0 Å². The number of hydrogen-bond acceptors (Lipinski definition) is 2. The number of nitrogens with zero attached hydrogens (tertiary/aromatic N) is 1. The lowest BCUT2D eigenvalue weighted by Crippen LogP contribution is -2.18. The number of anilines is 1. The monoisotopic (exact) mass is 205 g/mol. The Morgan fingerprint density at radius 3 is 2.50 bits per heavy atom. The van der Waals surface area contributed by atoms with E-state index in [4.69, 9.17) is 23.2 Å². The first-order valence-electron chi connectivity index (χ1n) is 4.19.